The summed E-state index contributed by atoms with van der Waals surface area (Å²) in [7, 11) is 1.55. The lowest BCUT2D eigenvalue weighted by molar-refractivity contribution is -0.140. The van der Waals surface area contributed by atoms with Gasteiger partial charge in [-0.25, -0.2) is 0 Å². The molecule has 1 N–H and O–H groups in total. The molecule has 2 aromatic carbocycles. The quantitative estimate of drug-likeness (QED) is 0.707. The van der Waals surface area contributed by atoms with Crippen molar-refractivity contribution in [2.75, 3.05) is 27.1 Å². The van der Waals surface area contributed by atoms with Gasteiger partial charge in [0.15, 0.2) is 18.1 Å². The van der Waals surface area contributed by atoms with Crippen molar-refractivity contribution >= 4 is 11.8 Å². The molecular formula is C23H23N3O6. The van der Waals surface area contributed by atoms with E-state index in [1.54, 1.807) is 49.6 Å². The van der Waals surface area contributed by atoms with Gasteiger partial charge in [-0.2, -0.15) is 5.26 Å². The maximum atomic E-state index is 12.9. The Morgan fingerprint density at radius 1 is 1.22 bits per heavy atom. The molecule has 0 saturated carbocycles. The molecule has 1 saturated heterocycles. The van der Waals surface area contributed by atoms with E-state index in [1.165, 1.54) is 4.90 Å². The number of nitrogens with one attached hydrogen (secondary N) is 1. The molecule has 4 rings (SSSR count). The van der Waals surface area contributed by atoms with Crippen LogP contribution in [0.25, 0.3) is 0 Å². The summed E-state index contributed by atoms with van der Waals surface area (Å²) in [5, 5.41) is 12.3. The standard InChI is InChI=1S/C23H23N3O6/c1-29-16-4-2-5-17(11-16)30-13-22(27)26-9-3-6-19(26)23(28)25-18(12-24)15-7-8-20-21(10-15)32-14-31-20/h2,4-5,7-8,10-11,18-19H,3,6,9,13-14H2,1H3,(H,25,28)/t18?,19-/m0/s1. The van der Waals surface area contributed by atoms with Crippen LogP contribution < -0.4 is 24.3 Å². The number of methoxy groups -OCH3 is 1. The summed E-state index contributed by atoms with van der Waals surface area (Å²) < 4.78 is 21.4. The molecule has 2 atom stereocenters. The third-order valence-corrected chi connectivity index (χ3v) is 5.42. The van der Waals surface area contributed by atoms with Gasteiger partial charge in [-0.15, -0.1) is 0 Å². The molecule has 1 fully saturated rings. The van der Waals surface area contributed by atoms with Gasteiger partial charge in [-0.1, -0.05) is 12.1 Å². The van der Waals surface area contributed by atoms with Crippen molar-refractivity contribution in [3.05, 3.63) is 48.0 Å². The van der Waals surface area contributed by atoms with E-state index in [2.05, 4.69) is 11.4 Å². The summed E-state index contributed by atoms with van der Waals surface area (Å²) >= 11 is 0. The Morgan fingerprint density at radius 3 is 2.84 bits per heavy atom. The Morgan fingerprint density at radius 2 is 2.03 bits per heavy atom. The molecule has 0 bridgehead atoms. The molecule has 2 amide bonds. The van der Waals surface area contributed by atoms with Crippen molar-refractivity contribution < 1.29 is 28.5 Å². The Bertz CT molecular complexity index is 1050. The number of amides is 2. The number of nitriles is 1. The zero-order valence-electron chi connectivity index (χ0n) is 17.6. The minimum absolute atomic E-state index is 0.124. The summed E-state index contributed by atoms with van der Waals surface area (Å²) in [5.41, 5.74) is 0.585. The third kappa shape index (κ3) is 4.54. The minimum Gasteiger partial charge on any atom is -0.497 e. The fraction of sp³-hybridized carbons (Fsp3) is 0.348. The topological polar surface area (TPSA) is 110 Å². The molecule has 0 radical (unpaired) electrons. The molecular weight excluding hydrogens is 414 g/mol. The predicted molar refractivity (Wildman–Crippen MR) is 112 cm³/mol. The number of likely N-dealkylation sites (tertiary alicyclic amines) is 1. The number of fused-ring (bicyclic) bond motifs is 1. The van der Waals surface area contributed by atoms with Crippen molar-refractivity contribution in [2.45, 2.75) is 24.9 Å². The lowest BCUT2D eigenvalue weighted by Crippen LogP contribution is -2.48. The van der Waals surface area contributed by atoms with Crippen LogP contribution in [0.5, 0.6) is 23.0 Å². The first kappa shape index (κ1) is 21.3. The minimum atomic E-state index is -0.873. The second kappa shape index (κ2) is 9.47. The summed E-state index contributed by atoms with van der Waals surface area (Å²) in [5.74, 6) is 1.60. The second-order valence-corrected chi connectivity index (χ2v) is 7.40. The molecule has 2 aromatic rings. The lowest BCUT2D eigenvalue weighted by Gasteiger charge is -2.25. The highest BCUT2D eigenvalue weighted by Gasteiger charge is 2.35. The van der Waals surface area contributed by atoms with Crippen molar-refractivity contribution in [2.24, 2.45) is 0 Å². The van der Waals surface area contributed by atoms with Crippen LogP contribution in [0.1, 0.15) is 24.4 Å². The summed E-state index contributed by atoms with van der Waals surface area (Å²) in [4.78, 5) is 27.2. The van der Waals surface area contributed by atoms with Gasteiger partial charge in [-0.3, -0.25) is 9.59 Å². The van der Waals surface area contributed by atoms with Crippen LogP contribution in [0.15, 0.2) is 42.5 Å². The van der Waals surface area contributed by atoms with Gasteiger partial charge >= 0.3 is 0 Å². The van der Waals surface area contributed by atoms with E-state index in [9.17, 15) is 14.9 Å². The lowest BCUT2D eigenvalue weighted by atomic mass is 10.1. The molecule has 1 unspecified atom stereocenters. The molecule has 0 spiro atoms. The first-order valence-corrected chi connectivity index (χ1v) is 10.2. The summed E-state index contributed by atoms with van der Waals surface area (Å²) in [6.45, 7) is 0.389. The van der Waals surface area contributed by atoms with Crippen LogP contribution in [0.2, 0.25) is 0 Å². The van der Waals surface area contributed by atoms with Crippen LogP contribution >= 0.6 is 0 Å². The zero-order chi connectivity index (χ0) is 22.5. The molecule has 0 aromatic heterocycles. The first-order chi connectivity index (χ1) is 15.6. The smallest absolute Gasteiger partial charge is 0.261 e. The highest BCUT2D eigenvalue weighted by Crippen LogP contribution is 2.34. The SMILES string of the molecule is COc1cccc(OCC(=O)N2CCC[C@H]2C(=O)NC(C#N)c2ccc3c(c2)OCO3)c1. The van der Waals surface area contributed by atoms with Crippen molar-refractivity contribution in [3.63, 3.8) is 0 Å². The normalized spacial score (nSPS) is 17.4. The molecule has 32 heavy (non-hydrogen) atoms. The van der Waals surface area contributed by atoms with Crippen molar-refractivity contribution in [1.82, 2.24) is 10.2 Å². The molecule has 9 heteroatoms. The fourth-order valence-electron chi connectivity index (χ4n) is 3.78. The number of carbonyl (C=O) groups is 2. The number of nitrogens with zero attached hydrogens (tertiary/aromatic N) is 2. The Balaban J connectivity index is 1.38. The van der Waals surface area contributed by atoms with Crippen LogP contribution in [-0.4, -0.2) is 49.8 Å². The molecule has 9 nitrogen and oxygen atoms in total. The van der Waals surface area contributed by atoms with Crippen LogP contribution in [0, 0.1) is 11.3 Å². The molecule has 0 aliphatic carbocycles. The van der Waals surface area contributed by atoms with Crippen LogP contribution in [-0.2, 0) is 9.59 Å². The van der Waals surface area contributed by atoms with Crippen molar-refractivity contribution in [1.29, 1.82) is 5.26 Å². The van der Waals surface area contributed by atoms with Gasteiger partial charge in [0, 0.05) is 12.6 Å². The van der Waals surface area contributed by atoms with Gasteiger partial charge in [0.2, 0.25) is 12.7 Å². The molecule has 2 aliphatic rings. The number of carbonyl (C=O) groups excluding carboxylic acids is 2. The van der Waals surface area contributed by atoms with Gasteiger partial charge in [0.05, 0.1) is 13.2 Å². The number of ether oxygens (including phenoxy) is 4. The van der Waals surface area contributed by atoms with Crippen LogP contribution in [0.4, 0.5) is 0 Å². The van der Waals surface area contributed by atoms with E-state index in [0.717, 1.165) is 0 Å². The predicted octanol–water partition coefficient (Wildman–Crippen LogP) is 2.17. The Labute approximate surface area is 185 Å². The fourth-order valence-corrected chi connectivity index (χ4v) is 3.78. The maximum Gasteiger partial charge on any atom is 0.261 e. The first-order valence-electron chi connectivity index (χ1n) is 10.2. The van der Waals surface area contributed by atoms with E-state index in [0.29, 0.717) is 47.9 Å². The van der Waals surface area contributed by atoms with Gasteiger partial charge in [0.1, 0.15) is 23.6 Å². The van der Waals surface area contributed by atoms with Gasteiger partial charge < -0.3 is 29.2 Å². The Kier molecular flexibility index (Phi) is 6.31. The monoisotopic (exact) mass is 437 g/mol. The van der Waals surface area contributed by atoms with Crippen LogP contribution in [0.3, 0.4) is 0 Å². The number of hydrogen-bond acceptors (Lipinski definition) is 7. The molecule has 2 aliphatic heterocycles. The maximum absolute atomic E-state index is 12.9. The van der Waals surface area contributed by atoms with Gasteiger partial charge in [0.25, 0.3) is 5.91 Å². The average molecular weight is 437 g/mol. The highest BCUT2D eigenvalue weighted by atomic mass is 16.7. The van der Waals surface area contributed by atoms with E-state index >= 15 is 0 Å². The zero-order valence-corrected chi connectivity index (χ0v) is 17.6. The summed E-state index contributed by atoms with van der Waals surface area (Å²) in [6, 6.07) is 12.6. The van der Waals surface area contributed by atoms with Crippen molar-refractivity contribution in [3.8, 4) is 29.1 Å². The highest BCUT2D eigenvalue weighted by molar-refractivity contribution is 5.89. The van der Waals surface area contributed by atoms with E-state index < -0.39 is 12.1 Å². The van der Waals surface area contributed by atoms with E-state index in [4.69, 9.17) is 18.9 Å². The third-order valence-electron chi connectivity index (χ3n) is 5.42. The van der Waals surface area contributed by atoms with Gasteiger partial charge in [-0.05, 0) is 42.7 Å². The van der Waals surface area contributed by atoms with E-state index in [-0.39, 0.29) is 25.2 Å². The number of benzene rings is 2. The summed E-state index contributed by atoms with van der Waals surface area (Å²) in [6.07, 6.45) is 1.22. The molecule has 166 valence electrons. The number of hydrogen-bond donors (Lipinski definition) is 1. The Hall–Kier alpha value is -3.93. The second-order valence-electron chi connectivity index (χ2n) is 7.40. The molecule has 2 heterocycles. The van der Waals surface area contributed by atoms with E-state index in [1.807, 2.05) is 0 Å². The largest absolute Gasteiger partial charge is 0.497 e. The average Bonchev–Trinajstić information content (AvgIpc) is 3.50. The number of rotatable bonds is 7.